The second-order valence-corrected chi connectivity index (χ2v) is 3.97. The lowest BCUT2D eigenvalue weighted by Crippen LogP contribution is -2.27. The van der Waals surface area contributed by atoms with Crippen LogP contribution < -0.4 is 10.5 Å². The van der Waals surface area contributed by atoms with Crippen molar-refractivity contribution in [1.29, 1.82) is 0 Å². The lowest BCUT2D eigenvalue weighted by molar-refractivity contribution is 0.0965. The highest BCUT2D eigenvalue weighted by Gasteiger charge is 2.21. The van der Waals surface area contributed by atoms with Crippen LogP contribution in [0.2, 0.25) is 5.02 Å². The molecule has 0 bridgehead atoms. The van der Waals surface area contributed by atoms with Crippen molar-refractivity contribution in [3.05, 3.63) is 22.2 Å². The van der Waals surface area contributed by atoms with Crippen LogP contribution in [0, 0.1) is 6.92 Å². The summed E-state index contributed by atoms with van der Waals surface area (Å²) < 4.78 is 5.01. The number of rotatable bonds is 3. The number of phenols is 1. The Morgan fingerprint density at radius 2 is 2.19 bits per heavy atom. The van der Waals surface area contributed by atoms with Crippen molar-refractivity contribution in [2.75, 3.05) is 7.11 Å². The molecule has 0 aliphatic heterocycles. The van der Waals surface area contributed by atoms with Gasteiger partial charge < -0.3 is 15.6 Å². The molecule has 1 unspecified atom stereocenters. The molecule has 0 fully saturated rings. The number of hydrogen-bond acceptors (Lipinski definition) is 4. The molecule has 1 aromatic carbocycles. The molecular weight excluding hydrogens is 230 g/mol. The van der Waals surface area contributed by atoms with E-state index in [1.54, 1.807) is 13.8 Å². The summed E-state index contributed by atoms with van der Waals surface area (Å²) in [5.74, 6) is -0.200. The molecule has 0 aliphatic carbocycles. The van der Waals surface area contributed by atoms with Crippen LogP contribution in [0.5, 0.6) is 11.5 Å². The predicted octanol–water partition coefficient (Wildman–Crippen LogP) is 1.89. The highest BCUT2D eigenvalue weighted by Crippen LogP contribution is 2.39. The lowest BCUT2D eigenvalue weighted by atomic mass is 10.0. The highest BCUT2D eigenvalue weighted by atomic mass is 35.5. The van der Waals surface area contributed by atoms with Crippen molar-refractivity contribution < 1.29 is 14.6 Å². The normalized spacial score (nSPS) is 12.3. The van der Waals surface area contributed by atoms with Crippen LogP contribution in [-0.4, -0.2) is 24.0 Å². The minimum Gasteiger partial charge on any atom is -0.506 e. The maximum atomic E-state index is 11.8. The van der Waals surface area contributed by atoms with Gasteiger partial charge in [-0.05, 0) is 25.5 Å². The maximum absolute atomic E-state index is 11.8. The van der Waals surface area contributed by atoms with Crippen LogP contribution in [0.25, 0.3) is 0 Å². The summed E-state index contributed by atoms with van der Waals surface area (Å²) in [6.45, 7) is 3.23. The Balaban J connectivity index is 3.45. The summed E-state index contributed by atoms with van der Waals surface area (Å²) in [5.41, 5.74) is 6.32. The second kappa shape index (κ2) is 4.72. The fourth-order valence-electron chi connectivity index (χ4n) is 1.38. The van der Waals surface area contributed by atoms with Gasteiger partial charge in [0.05, 0.1) is 18.7 Å². The molecule has 4 nitrogen and oxygen atoms in total. The SMILES string of the molecule is COc1c(C(=O)C(C)N)cc(C)c(O)c1Cl. The zero-order valence-electron chi connectivity index (χ0n) is 9.37. The standard InChI is InChI=1S/C11H14ClNO3/c1-5-4-7(10(15)6(2)13)11(16-3)8(12)9(5)14/h4,6,14H,13H2,1-3H3. The molecule has 88 valence electrons. The van der Waals surface area contributed by atoms with Crippen molar-refractivity contribution in [3.63, 3.8) is 0 Å². The Morgan fingerprint density at radius 3 is 2.62 bits per heavy atom. The molecular formula is C11H14ClNO3. The van der Waals surface area contributed by atoms with E-state index in [1.807, 2.05) is 0 Å². The number of aryl methyl sites for hydroxylation is 1. The molecule has 0 amide bonds. The predicted molar refractivity (Wildman–Crippen MR) is 62.4 cm³/mol. The van der Waals surface area contributed by atoms with Gasteiger partial charge in [0.1, 0.15) is 10.8 Å². The van der Waals surface area contributed by atoms with Crippen LogP contribution >= 0.6 is 11.6 Å². The van der Waals surface area contributed by atoms with E-state index in [0.717, 1.165) is 0 Å². The number of ketones is 1. The smallest absolute Gasteiger partial charge is 0.183 e. The summed E-state index contributed by atoms with van der Waals surface area (Å²) in [7, 11) is 1.38. The van der Waals surface area contributed by atoms with Crippen LogP contribution in [0.15, 0.2) is 6.07 Å². The molecule has 1 aromatic rings. The van der Waals surface area contributed by atoms with Crippen LogP contribution in [-0.2, 0) is 0 Å². The van der Waals surface area contributed by atoms with Gasteiger partial charge in [-0.1, -0.05) is 11.6 Å². The first kappa shape index (κ1) is 12.8. The van der Waals surface area contributed by atoms with Gasteiger partial charge in [-0.25, -0.2) is 0 Å². The van der Waals surface area contributed by atoms with Crippen molar-refractivity contribution in [3.8, 4) is 11.5 Å². The average molecular weight is 244 g/mol. The molecule has 0 aliphatic rings. The second-order valence-electron chi connectivity index (χ2n) is 3.59. The number of aromatic hydroxyl groups is 1. The van der Waals surface area contributed by atoms with E-state index in [-0.39, 0.29) is 27.9 Å². The van der Waals surface area contributed by atoms with Crippen molar-refractivity contribution in [2.24, 2.45) is 5.73 Å². The van der Waals surface area contributed by atoms with E-state index in [1.165, 1.54) is 13.2 Å². The Kier molecular flexibility index (Phi) is 3.78. The first-order valence-corrected chi connectivity index (χ1v) is 5.13. The molecule has 1 atom stereocenters. The number of phenolic OH excluding ortho intramolecular Hbond substituents is 1. The van der Waals surface area contributed by atoms with Gasteiger partial charge in [0.2, 0.25) is 0 Å². The van der Waals surface area contributed by atoms with Crippen LogP contribution in [0.1, 0.15) is 22.8 Å². The highest BCUT2D eigenvalue weighted by molar-refractivity contribution is 6.34. The minimum atomic E-state index is -0.645. The number of carbonyl (C=O) groups is 1. The Morgan fingerprint density at radius 1 is 1.62 bits per heavy atom. The molecule has 0 saturated heterocycles. The van der Waals surface area contributed by atoms with E-state index in [9.17, 15) is 9.90 Å². The average Bonchev–Trinajstić information content (AvgIpc) is 2.24. The number of benzene rings is 1. The summed E-state index contributed by atoms with van der Waals surface area (Å²) in [4.78, 5) is 11.8. The summed E-state index contributed by atoms with van der Waals surface area (Å²) in [6.07, 6.45) is 0. The quantitative estimate of drug-likeness (QED) is 0.796. The van der Waals surface area contributed by atoms with Gasteiger partial charge in [-0.15, -0.1) is 0 Å². The molecule has 5 heteroatoms. The number of carbonyl (C=O) groups excluding carboxylic acids is 1. The number of ether oxygens (including phenoxy) is 1. The van der Waals surface area contributed by atoms with E-state index in [4.69, 9.17) is 22.1 Å². The molecule has 1 rings (SSSR count). The number of Topliss-reactive ketones (excluding diaryl/α,β-unsaturated/α-hetero) is 1. The fourth-order valence-corrected chi connectivity index (χ4v) is 1.71. The van der Waals surface area contributed by atoms with Crippen LogP contribution in [0.4, 0.5) is 0 Å². The monoisotopic (exact) mass is 243 g/mol. The zero-order valence-corrected chi connectivity index (χ0v) is 10.1. The first-order chi connectivity index (χ1) is 7.40. The molecule has 0 heterocycles. The van der Waals surface area contributed by atoms with Crippen molar-refractivity contribution in [2.45, 2.75) is 19.9 Å². The zero-order chi connectivity index (χ0) is 12.5. The fraction of sp³-hybridized carbons (Fsp3) is 0.364. The van der Waals surface area contributed by atoms with E-state index in [0.29, 0.717) is 5.56 Å². The molecule has 0 spiro atoms. The van der Waals surface area contributed by atoms with Gasteiger partial charge in [0.15, 0.2) is 11.5 Å². The first-order valence-electron chi connectivity index (χ1n) is 4.76. The third-order valence-corrected chi connectivity index (χ3v) is 2.62. The summed E-state index contributed by atoms with van der Waals surface area (Å²) >= 11 is 5.88. The number of halogens is 1. The molecule has 0 saturated carbocycles. The summed E-state index contributed by atoms with van der Waals surface area (Å²) in [6, 6.07) is 0.875. The van der Waals surface area contributed by atoms with E-state index >= 15 is 0 Å². The Labute approximate surface area is 99.0 Å². The van der Waals surface area contributed by atoms with Crippen molar-refractivity contribution in [1.82, 2.24) is 0 Å². The third-order valence-electron chi connectivity index (χ3n) is 2.27. The van der Waals surface area contributed by atoms with Gasteiger partial charge in [0, 0.05) is 0 Å². The van der Waals surface area contributed by atoms with Crippen LogP contribution in [0.3, 0.4) is 0 Å². The maximum Gasteiger partial charge on any atom is 0.183 e. The minimum absolute atomic E-state index is 0.0338. The van der Waals surface area contributed by atoms with E-state index < -0.39 is 6.04 Å². The van der Waals surface area contributed by atoms with Gasteiger partial charge in [-0.3, -0.25) is 4.79 Å². The Bertz CT molecular complexity index is 430. The number of methoxy groups -OCH3 is 1. The molecule has 0 aromatic heterocycles. The number of hydrogen-bond donors (Lipinski definition) is 2. The molecule has 16 heavy (non-hydrogen) atoms. The number of nitrogens with two attached hydrogens (primary N) is 1. The third kappa shape index (κ3) is 2.13. The molecule has 3 N–H and O–H groups in total. The van der Waals surface area contributed by atoms with Gasteiger partial charge in [0.25, 0.3) is 0 Å². The molecule has 0 radical (unpaired) electrons. The van der Waals surface area contributed by atoms with E-state index in [2.05, 4.69) is 0 Å². The topological polar surface area (TPSA) is 72.5 Å². The Hall–Kier alpha value is -1.26. The van der Waals surface area contributed by atoms with Gasteiger partial charge >= 0.3 is 0 Å². The van der Waals surface area contributed by atoms with Gasteiger partial charge in [-0.2, -0.15) is 0 Å². The lowest BCUT2D eigenvalue weighted by Gasteiger charge is -2.14. The largest absolute Gasteiger partial charge is 0.506 e. The summed E-state index contributed by atoms with van der Waals surface area (Å²) in [5, 5.41) is 9.64. The van der Waals surface area contributed by atoms with Crippen molar-refractivity contribution >= 4 is 17.4 Å².